The van der Waals surface area contributed by atoms with Crippen molar-refractivity contribution >= 4 is 23.1 Å². The summed E-state index contributed by atoms with van der Waals surface area (Å²) >= 11 is 0. The Bertz CT molecular complexity index is 585. The van der Waals surface area contributed by atoms with Gasteiger partial charge in [0, 0.05) is 13.1 Å². The minimum absolute atomic E-state index is 0.138. The number of amides is 1. The van der Waals surface area contributed by atoms with Crippen molar-refractivity contribution in [2.75, 3.05) is 23.3 Å². The predicted molar refractivity (Wildman–Crippen MR) is 74.6 cm³/mol. The number of anilines is 2. The normalized spacial score (nSPS) is 22.5. The van der Waals surface area contributed by atoms with E-state index in [0.29, 0.717) is 17.3 Å². The van der Waals surface area contributed by atoms with E-state index in [9.17, 15) is 14.0 Å². The third kappa shape index (κ3) is 2.17. The Kier molecular flexibility index (Phi) is 3.20. The van der Waals surface area contributed by atoms with Gasteiger partial charge in [0.05, 0.1) is 16.9 Å². The van der Waals surface area contributed by atoms with E-state index in [0.717, 1.165) is 32.4 Å². The molecule has 1 aromatic carbocycles. The predicted octanol–water partition coefficient (Wildman–Crippen LogP) is 2.59. The summed E-state index contributed by atoms with van der Waals surface area (Å²) in [5.74, 6) is -1.11. The smallest absolute Gasteiger partial charge is 0.296 e. The maximum absolute atomic E-state index is 14.2. The number of halogens is 1. The lowest BCUT2D eigenvalue weighted by Gasteiger charge is -2.23. The molecular formula is C15H17FN2O2. The lowest BCUT2D eigenvalue weighted by molar-refractivity contribution is -0.112. The number of hydrogen-bond acceptors (Lipinski definition) is 3. The van der Waals surface area contributed by atoms with Crippen LogP contribution in [0.1, 0.15) is 36.5 Å². The fourth-order valence-electron chi connectivity index (χ4n) is 2.90. The van der Waals surface area contributed by atoms with Gasteiger partial charge in [-0.15, -0.1) is 0 Å². The molecule has 0 aromatic heterocycles. The zero-order valence-electron chi connectivity index (χ0n) is 11.4. The summed E-state index contributed by atoms with van der Waals surface area (Å²) < 4.78 is 14.2. The first-order chi connectivity index (χ1) is 9.56. The lowest BCUT2D eigenvalue weighted by Crippen LogP contribution is -2.25. The zero-order valence-corrected chi connectivity index (χ0v) is 11.4. The highest BCUT2D eigenvalue weighted by molar-refractivity contribution is 6.51. The van der Waals surface area contributed by atoms with Crippen molar-refractivity contribution in [3.8, 4) is 0 Å². The van der Waals surface area contributed by atoms with Gasteiger partial charge < -0.3 is 10.2 Å². The van der Waals surface area contributed by atoms with Crippen LogP contribution >= 0.6 is 0 Å². The zero-order chi connectivity index (χ0) is 14.3. The number of nitrogens with zero attached hydrogens (tertiary/aromatic N) is 1. The van der Waals surface area contributed by atoms with E-state index in [1.54, 1.807) is 6.07 Å². The summed E-state index contributed by atoms with van der Waals surface area (Å²) in [5.41, 5.74) is 1.04. The van der Waals surface area contributed by atoms with E-state index in [1.807, 2.05) is 4.90 Å². The van der Waals surface area contributed by atoms with Crippen LogP contribution in [0.5, 0.6) is 0 Å². The molecule has 3 rings (SSSR count). The van der Waals surface area contributed by atoms with Crippen LogP contribution in [0.25, 0.3) is 0 Å². The molecule has 0 spiro atoms. The Morgan fingerprint density at radius 3 is 2.85 bits per heavy atom. The van der Waals surface area contributed by atoms with Gasteiger partial charge in [0.1, 0.15) is 5.82 Å². The summed E-state index contributed by atoms with van der Waals surface area (Å²) in [4.78, 5) is 24.9. The minimum atomic E-state index is -0.680. The molecule has 1 amide bonds. The number of carbonyl (C=O) groups excluding carboxylic acids is 2. The Labute approximate surface area is 117 Å². The van der Waals surface area contributed by atoms with Crippen LogP contribution in [0.4, 0.5) is 15.8 Å². The fourth-order valence-corrected chi connectivity index (χ4v) is 2.90. The maximum Gasteiger partial charge on any atom is 0.296 e. The van der Waals surface area contributed by atoms with Gasteiger partial charge in [-0.2, -0.15) is 0 Å². The highest BCUT2D eigenvalue weighted by Crippen LogP contribution is 2.32. The summed E-state index contributed by atoms with van der Waals surface area (Å²) in [5, 5.41) is 2.50. The number of Topliss-reactive ketones (excluding diaryl/α,β-unsaturated/α-hetero) is 1. The first-order valence-electron chi connectivity index (χ1n) is 7.00. The average Bonchev–Trinajstić information content (AvgIpc) is 2.60. The lowest BCUT2D eigenvalue weighted by atomic mass is 10.0. The van der Waals surface area contributed by atoms with Crippen LogP contribution in [-0.2, 0) is 4.79 Å². The van der Waals surface area contributed by atoms with Gasteiger partial charge in [0.25, 0.3) is 11.7 Å². The highest BCUT2D eigenvalue weighted by atomic mass is 19.1. The molecule has 4 nitrogen and oxygen atoms in total. The van der Waals surface area contributed by atoms with Gasteiger partial charge in [0.15, 0.2) is 0 Å². The van der Waals surface area contributed by atoms with Gasteiger partial charge in [-0.1, -0.05) is 6.92 Å². The largest absolute Gasteiger partial charge is 0.369 e. The number of rotatable bonds is 1. The third-order valence-electron chi connectivity index (χ3n) is 4.14. The molecule has 2 aliphatic heterocycles. The highest BCUT2D eigenvalue weighted by Gasteiger charge is 2.30. The van der Waals surface area contributed by atoms with E-state index >= 15 is 0 Å². The molecular weight excluding hydrogens is 259 g/mol. The number of fused-ring (bicyclic) bond motifs is 1. The Morgan fingerprint density at radius 2 is 2.05 bits per heavy atom. The van der Waals surface area contributed by atoms with Gasteiger partial charge in [-0.25, -0.2) is 4.39 Å². The van der Waals surface area contributed by atoms with Crippen molar-refractivity contribution in [3.05, 3.63) is 23.5 Å². The molecule has 1 aromatic rings. The second-order valence-corrected chi connectivity index (χ2v) is 5.66. The second kappa shape index (κ2) is 4.89. The molecule has 1 fully saturated rings. The molecule has 0 aliphatic carbocycles. The van der Waals surface area contributed by atoms with E-state index in [1.165, 1.54) is 6.07 Å². The van der Waals surface area contributed by atoms with Crippen LogP contribution in [0.3, 0.4) is 0 Å². The Morgan fingerprint density at radius 1 is 1.25 bits per heavy atom. The number of ketones is 1. The second-order valence-electron chi connectivity index (χ2n) is 5.66. The van der Waals surface area contributed by atoms with Crippen molar-refractivity contribution < 1.29 is 14.0 Å². The van der Waals surface area contributed by atoms with Crippen LogP contribution in [0, 0.1) is 11.7 Å². The molecule has 5 heteroatoms. The molecule has 0 radical (unpaired) electrons. The molecule has 2 heterocycles. The van der Waals surface area contributed by atoms with Crippen LogP contribution in [0.15, 0.2) is 12.1 Å². The first-order valence-corrected chi connectivity index (χ1v) is 7.00. The molecule has 20 heavy (non-hydrogen) atoms. The quantitative estimate of drug-likeness (QED) is 0.802. The molecule has 1 unspecified atom stereocenters. The van der Waals surface area contributed by atoms with E-state index in [4.69, 9.17) is 0 Å². The van der Waals surface area contributed by atoms with E-state index in [2.05, 4.69) is 12.2 Å². The summed E-state index contributed by atoms with van der Waals surface area (Å²) in [6, 6.07) is 2.77. The van der Waals surface area contributed by atoms with Crippen LogP contribution in [0.2, 0.25) is 0 Å². The van der Waals surface area contributed by atoms with Gasteiger partial charge in [-0.05, 0) is 37.3 Å². The van der Waals surface area contributed by atoms with Gasteiger partial charge in [-0.3, -0.25) is 9.59 Å². The van der Waals surface area contributed by atoms with E-state index < -0.39 is 17.5 Å². The van der Waals surface area contributed by atoms with Crippen molar-refractivity contribution in [1.29, 1.82) is 0 Å². The summed E-state index contributed by atoms with van der Waals surface area (Å²) in [7, 11) is 0. The molecule has 1 N–H and O–H groups in total. The fraction of sp³-hybridized carbons (Fsp3) is 0.467. The standard InChI is InChI=1S/C15H17FN2O2/c1-9-3-2-5-18(6-4-9)13-8-12-10(7-11(13)16)14(19)15(20)17-12/h7-9H,2-6H2,1H3,(H,17,19,20). The monoisotopic (exact) mass is 276 g/mol. The van der Waals surface area contributed by atoms with Crippen molar-refractivity contribution in [3.63, 3.8) is 0 Å². The SMILES string of the molecule is CC1CCCN(c2cc3c(cc2F)C(=O)C(=O)N3)CC1. The van der Waals surface area contributed by atoms with Crippen LogP contribution < -0.4 is 10.2 Å². The van der Waals surface area contributed by atoms with Gasteiger partial charge in [0.2, 0.25) is 0 Å². The Hall–Kier alpha value is -1.91. The first kappa shape index (κ1) is 13.1. The molecule has 2 aliphatic rings. The van der Waals surface area contributed by atoms with Crippen molar-refractivity contribution in [1.82, 2.24) is 0 Å². The summed E-state index contributed by atoms with van der Waals surface area (Å²) in [6.07, 6.45) is 3.21. The number of hydrogen-bond donors (Lipinski definition) is 1. The maximum atomic E-state index is 14.2. The molecule has 1 atom stereocenters. The van der Waals surface area contributed by atoms with Crippen molar-refractivity contribution in [2.45, 2.75) is 26.2 Å². The van der Waals surface area contributed by atoms with E-state index in [-0.39, 0.29) is 5.56 Å². The van der Waals surface area contributed by atoms with Gasteiger partial charge >= 0.3 is 0 Å². The minimum Gasteiger partial charge on any atom is -0.369 e. The average molecular weight is 276 g/mol. The number of benzene rings is 1. The third-order valence-corrected chi connectivity index (χ3v) is 4.14. The summed E-state index contributed by atoms with van der Waals surface area (Å²) in [6.45, 7) is 3.82. The number of nitrogens with one attached hydrogen (secondary N) is 1. The van der Waals surface area contributed by atoms with Crippen molar-refractivity contribution in [2.24, 2.45) is 5.92 Å². The topological polar surface area (TPSA) is 49.4 Å². The molecule has 0 saturated carbocycles. The Balaban J connectivity index is 1.93. The molecule has 0 bridgehead atoms. The number of carbonyl (C=O) groups is 2. The molecule has 106 valence electrons. The molecule has 1 saturated heterocycles. The van der Waals surface area contributed by atoms with Crippen LogP contribution in [-0.4, -0.2) is 24.8 Å².